The van der Waals surface area contributed by atoms with E-state index in [1.54, 1.807) is 6.07 Å². The predicted molar refractivity (Wildman–Crippen MR) is 89.2 cm³/mol. The second-order valence-corrected chi connectivity index (χ2v) is 6.38. The van der Waals surface area contributed by atoms with Crippen molar-refractivity contribution in [2.45, 2.75) is 25.7 Å². The average molecular weight is 370 g/mol. The van der Waals surface area contributed by atoms with Crippen LogP contribution in [0.5, 0.6) is 11.5 Å². The van der Waals surface area contributed by atoms with E-state index >= 15 is 0 Å². The van der Waals surface area contributed by atoms with Gasteiger partial charge in [-0.2, -0.15) is 0 Å². The first-order valence-corrected chi connectivity index (χ1v) is 8.00. The van der Waals surface area contributed by atoms with Gasteiger partial charge >= 0.3 is 0 Å². The van der Waals surface area contributed by atoms with Gasteiger partial charge in [0.05, 0.1) is 16.3 Å². The first-order valence-electron chi connectivity index (χ1n) is 7.62. The molecule has 2 aromatic rings. The molecule has 1 amide bonds. The van der Waals surface area contributed by atoms with E-state index in [9.17, 15) is 18.0 Å². The standard InChI is InChI=1S/C18H15ClF3NO2/c1-18(21,22)12-6-3-10-4-8-15(24)23(2)16(10)17(12)25-14-9-11(20)5-7-13(14)19/h3,5-7,9H,4,8H2,1-2H3. The zero-order valence-electron chi connectivity index (χ0n) is 13.6. The lowest BCUT2D eigenvalue weighted by Crippen LogP contribution is -2.32. The number of carbonyl (C=O) groups excluding carboxylic acids is 1. The molecule has 1 aliphatic heterocycles. The van der Waals surface area contributed by atoms with E-state index in [2.05, 4.69) is 0 Å². The van der Waals surface area contributed by atoms with Crippen LogP contribution in [-0.4, -0.2) is 13.0 Å². The molecule has 0 N–H and O–H groups in total. The van der Waals surface area contributed by atoms with E-state index in [0.717, 1.165) is 19.1 Å². The lowest BCUT2D eigenvalue weighted by atomic mass is 9.96. The molecule has 1 heterocycles. The highest BCUT2D eigenvalue weighted by Gasteiger charge is 2.35. The highest BCUT2D eigenvalue weighted by Crippen LogP contribution is 2.47. The fourth-order valence-electron chi connectivity index (χ4n) is 2.83. The van der Waals surface area contributed by atoms with Gasteiger partial charge in [0.25, 0.3) is 5.92 Å². The smallest absolute Gasteiger partial charge is 0.274 e. The maximum Gasteiger partial charge on any atom is 0.274 e. The highest BCUT2D eigenvalue weighted by atomic mass is 35.5. The van der Waals surface area contributed by atoms with Gasteiger partial charge in [0.15, 0.2) is 5.75 Å². The molecule has 132 valence electrons. The topological polar surface area (TPSA) is 29.5 Å². The summed E-state index contributed by atoms with van der Waals surface area (Å²) >= 11 is 6.00. The molecule has 3 nitrogen and oxygen atoms in total. The van der Waals surface area contributed by atoms with Crippen molar-refractivity contribution in [1.82, 2.24) is 0 Å². The molecule has 3 rings (SSSR count). The summed E-state index contributed by atoms with van der Waals surface area (Å²) in [6.45, 7) is 0.736. The molecule has 2 aromatic carbocycles. The Hall–Kier alpha value is -2.21. The van der Waals surface area contributed by atoms with E-state index < -0.39 is 17.3 Å². The molecule has 0 saturated carbocycles. The molecule has 0 aromatic heterocycles. The lowest BCUT2D eigenvalue weighted by molar-refractivity contribution is -0.118. The van der Waals surface area contributed by atoms with Crippen LogP contribution in [0.15, 0.2) is 30.3 Å². The third-order valence-electron chi connectivity index (χ3n) is 4.11. The summed E-state index contributed by atoms with van der Waals surface area (Å²) in [5, 5.41) is 0.0779. The number of hydrogen-bond donors (Lipinski definition) is 0. The lowest BCUT2D eigenvalue weighted by Gasteiger charge is -2.30. The second-order valence-electron chi connectivity index (χ2n) is 5.97. The maximum atomic E-state index is 14.1. The first kappa shape index (κ1) is 17.6. The fraction of sp³-hybridized carbons (Fsp3) is 0.278. The van der Waals surface area contributed by atoms with Crippen molar-refractivity contribution >= 4 is 23.2 Å². The molecule has 0 radical (unpaired) electrons. The Labute approximate surface area is 148 Å². The number of aryl methyl sites for hydroxylation is 1. The highest BCUT2D eigenvalue weighted by molar-refractivity contribution is 6.32. The third kappa shape index (κ3) is 3.31. The molecule has 25 heavy (non-hydrogen) atoms. The van der Waals surface area contributed by atoms with Gasteiger partial charge in [0.2, 0.25) is 5.91 Å². The van der Waals surface area contributed by atoms with Crippen LogP contribution in [-0.2, 0) is 17.1 Å². The molecule has 0 bridgehead atoms. The fourth-order valence-corrected chi connectivity index (χ4v) is 2.99. The molecule has 7 heteroatoms. The normalized spacial score (nSPS) is 14.5. The minimum Gasteiger partial charge on any atom is -0.453 e. The van der Waals surface area contributed by atoms with Crippen LogP contribution in [0.1, 0.15) is 24.5 Å². The Kier molecular flexibility index (Phi) is 4.41. The summed E-state index contributed by atoms with van der Waals surface area (Å²) in [5.41, 5.74) is 0.571. The van der Waals surface area contributed by atoms with E-state index in [1.165, 1.54) is 24.1 Å². The van der Waals surface area contributed by atoms with Gasteiger partial charge in [-0.05, 0) is 30.2 Å². The molecule has 0 saturated heterocycles. The van der Waals surface area contributed by atoms with Crippen LogP contribution in [0.25, 0.3) is 0 Å². The summed E-state index contributed by atoms with van der Waals surface area (Å²) in [6, 6.07) is 6.26. The molecule has 0 aliphatic carbocycles. The van der Waals surface area contributed by atoms with E-state index in [4.69, 9.17) is 16.3 Å². The van der Waals surface area contributed by atoms with E-state index in [0.29, 0.717) is 12.0 Å². The van der Waals surface area contributed by atoms with Crippen molar-refractivity contribution in [3.8, 4) is 11.5 Å². The van der Waals surface area contributed by atoms with E-state index in [-0.39, 0.29) is 34.5 Å². The number of nitrogens with zero attached hydrogens (tertiary/aromatic N) is 1. The number of halogens is 4. The zero-order chi connectivity index (χ0) is 18.4. The van der Waals surface area contributed by atoms with Gasteiger partial charge in [-0.25, -0.2) is 13.2 Å². The molecule has 0 spiro atoms. The zero-order valence-corrected chi connectivity index (χ0v) is 14.3. The molecule has 1 aliphatic rings. The van der Waals surface area contributed by atoms with Crippen molar-refractivity contribution in [2.75, 3.05) is 11.9 Å². The summed E-state index contributed by atoms with van der Waals surface area (Å²) in [5.74, 6) is -4.32. The van der Waals surface area contributed by atoms with Gasteiger partial charge in [-0.15, -0.1) is 0 Å². The van der Waals surface area contributed by atoms with Crippen molar-refractivity contribution in [2.24, 2.45) is 0 Å². The minimum absolute atomic E-state index is 0.0779. The summed E-state index contributed by atoms with van der Waals surface area (Å²) in [4.78, 5) is 13.3. The number of benzene rings is 2. The number of ether oxygens (including phenoxy) is 1. The van der Waals surface area contributed by atoms with Crippen molar-refractivity contribution < 1.29 is 22.7 Å². The summed E-state index contributed by atoms with van der Waals surface area (Å²) in [6.07, 6.45) is 0.701. The quantitative estimate of drug-likeness (QED) is 0.735. The van der Waals surface area contributed by atoms with Gasteiger partial charge in [0.1, 0.15) is 11.6 Å². The largest absolute Gasteiger partial charge is 0.453 e. The Balaban J connectivity index is 2.22. The summed E-state index contributed by atoms with van der Waals surface area (Å²) in [7, 11) is 1.50. The molecular weight excluding hydrogens is 355 g/mol. The van der Waals surface area contributed by atoms with Crippen LogP contribution >= 0.6 is 11.6 Å². The van der Waals surface area contributed by atoms with Crippen molar-refractivity contribution in [3.05, 3.63) is 52.3 Å². The number of amides is 1. The Morgan fingerprint density at radius 1 is 1.20 bits per heavy atom. The predicted octanol–water partition coefficient (Wildman–Crippen LogP) is 5.29. The summed E-state index contributed by atoms with van der Waals surface area (Å²) < 4.78 is 47.3. The number of carbonyl (C=O) groups is 1. The minimum atomic E-state index is -3.22. The van der Waals surface area contributed by atoms with Gasteiger partial charge in [-0.1, -0.05) is 17.7 Å². The van der Waals surface area contributed by atoms with Crippen LogP contribution in [0.3, 0.4) is 0 Å². The van der Waals surface area contributed by atoms with Crippen LogP contribution < -0.4 is 9.64 Å². The Bertz CT molecular complexity index is 849. The average Bonchev–Trinajstić information content (AvgIpc) is 2.53. The number of anilines is 1. The molecule has 0 atom stereocenters. The monoisotopic (exact) mass is 369 g/mol. The first-order chi connectivity index (χ1) is 11.7. The number of fused-ring (bicyclic) bond motifs is 1. The van der Waals surface area contributed by atoms with Crippen LogP contribution in [0.2, 0.25) is 5.02 Å². The second kappa shape index (κ2) is 6.26. The van der Waals surface area contributed by atoms with Gasteiger partial charge in [0, 0.05) is 26.5 Å². The molecular formula is C18H15ClF3NO2. The SMILES string of the molecule is CN1C(=O)CCc2ccc(C(C)(F)F)c(Oc3cc(F)ccc3Cl)c21. The number of rotatable bonds is 3. The number of hydrogen-bond acceptors (Lipinski definition) is 2. The number of alkyl halides is 2. The van der Waals surface area contributed by atoms with Crippen molar-refractivity contribution in [3.63, 3.8) is 0 Å². The van der Waals surface area contributed by atoms with Gasteiger partial charge in [-0.3, -0.25) is 4.79 Å². The third-order valence-corrected chi connectivity index (χ3v) is 4.42. The maximum absolute atomic E-state index is 14.1. The Morgan fingerprint density at radius 3 is 2.60 bits per heavy atom. The van der Waals surface area contributed by atoms with Crippen LogP contribution in [0, 0.1) is 5.82 Å². The van der Waals surface area contributed by atoms with Crippen molar-refractivity contribution in [1.29, 1.82) is 0 Å². The molecule has 0 unspecified atom stereocenters. The van der Waals surface area contributed by atoms with Gasteiger partial charge < -0.3 is 9.64 Å². The molecule has 0 fully saturated rings. The Morgan fingerprint density at radius 2 is 1.92 bits per heavy atom. The van der Waals surface area contributed by atoms with E-state index in [1.807, 2.05) is 0 Å². The van der Waals surface area contributed by atoms with Crippen LogP contribution in [0.4, 0.5) is 18.9 Å².